The molecule has 29 heavy (non-hydrogen) atoms. The molecule has 2 fully saturated rings. The van der Waals surface area contributed by atoms with Gasteiger partial charge in [-0.05, 0) is 18.6 Å². The zero-order valence-corrected chi connectivity index (χ0v) is 17.3. The van der Waals surface area contributed by atoms with Gasteiger partial charge in [-0.2, -0.15) is 5.10 Å². The summed E-state index contributed by atoms with van der Waals surface area (Å²) in [5.41, 5.74) is 0.996. The van der Waals surface area contributed by atoms with Gasteiger partial charge in [0.05, 0.1) is 18.1 Å². The zero-order chi connectivity index (χ0) is 20.6. The van der Waals surface area contributed by atoms with Crippen LogP contribution in [0.3, 0.4) is 0 Å². The van der Waals surface area contributed by atoms with Gasteiger partial charge in [-0.15, -0.1) is 0 Å². The van der Waals surface area contributed by atoms with Gasteiger partial charge in [0, 0.05) is 43.7 Å². The first-order chi connectivity index (χ1) is 13.8. The van der Waals surface area contributed by atoms with Gasteiger partial charge in [0.2, 0.25) is 15.9 Å². The minimum atomic E-state index is -3.48. The van der Waals surface area contributed by atoms with Crippen LogP contribution in [0.4, 0.5) is 0 Å². The first kappa shape index (κ1) is 20.1. The van der Waals surface area contributed by atoms with Crippen LogP contribution in [-0.4, -0.2) is 71.2 Å². The summed E-state index contributed by atoms with van der Waals surface area (Å²) in [7, 11) is -3.48. The Kier molecular flexibility index (Phi) is 5.22. The maximum absolute atomic E-state index is 12.9. The number of benzene rings is 1. The molecule has 1 amide bonds. The predicted molar refractivity (Wildman–Crippen MR) is 107 cm³/mol. The van der Waals surface area contributed by atoms with Crippen LogP contribution in [0.15, 0.2) is 42.6 Å². The Bertz CT molecular complexity index is 991. The van der Waals surface area contributed by atoms with E-state index in [1.165, 1.54) is 4.31 Å². The molecule has 1 N–H and O–H groups in total. The van der Waals surface area contributed by atoms with Crippen LogP contribution in [0, 0.1) is 18.3 Å². The van der Waals surface area contributed by atoms with E-state index in [0.717, 1.165) is 11.3 Å². The molecular formula is C20H26N4O4S. The molecule has 1 aromatic carbocycles. The predicted octanol–water partition coefficient (Wildman–Crippen LogP) is 0.474. The quantitative estimate of drug-likeness (QED) is 0.736. The van der Waals surface area contributed by atoms with E-state index in [-0.39, 0.29) is 37.3 Å². The van der Waals surface area contributed by atoms with Crippen LogP contribution < -0.4 is 0 Å². The Hall–Kier alpha value is -2.23. The van der Waals surface area contributed by atoms with Crippen LogP contribution in [0.25, 0.3) is 0 Å². The highest BCUT2D eigenvalue weighted by Crippen LogP contribution is 2.43. The molecule has 9 heteroatoms. The van der Waals surface area contributed by atoms with Crippen molar-refractivity contribution in [1.82, 2.24) is 19.0 Å². The number of carbonyl (C=O) groups is 1. The average molecular weight is 419 g/mol. The maximum atomic E-state index is 12.9. The molecule has 2 aromatic rings. The lowest BCUT2D eigenvalue weighted by atomic mass is 9.82. The third kappa shape index (κ3) is 3.94. The molecule has 0 saturated carbocycles. The second-order valence-corrected chi connectivity index (χ2v) is 10.1. The molecule has 156 valence electrons. The van der Waals surface area contributed by atoms with Gasteiger partial charge in [-0.25, -0.2) is 12.7 Å². The van der Waals surface area contributed by atoms with Gasteiger partial charge in [-0.1, -0.05) is 30.3 Å². The molecule has 2 unspecified atom stereocenters. The third-order valence-electron chi connectivity index (χ3n) is 6.05. The molecule has 3 heterocycles. The molecule has 1 aromatic heterocycles. The first-order valence-electron chi connectivity index (χ1n) is 9.72. The lowest BCUT2D eigenvalue weighted by molar-refractivity contribution is -0.131. The number of aryl methyl sites for hydroxylation is 1. The zero-order valence-electron chi connectivity index (χ0n) is 16.4. The number of nitrogens with zero attached hydrogens (tertiary/aromatic N) is 4. The topological polar surface area (TPSA) is 95.7 Å². The molecule has 2 aliphatic heterocycles. The van der Waals surface area contributed by atoms with Crippen LogP contribution in [0.2, 0.25) is 0 Å². The SMILES string of the molecule is Cc1ccn(CC(=O)N2CC3CN(S(=O)(=O)Cc4ccccc4)CC3(CO)C2)n1. The molecule has 0 bridgehead atoms. The number of amides is 1. The van der Waals surface area contributed by atoms with Crippen molar-refractivity contribution >= 4 is 15.9 Å². The normalized spacial score (nSPS) is 24.8. The van der Waals surface area contributed by atoms with Gasteiger partial charge in [0.25, 0.3) is 0 Å². The number of aliphatic hydroxyl groups is 1. The number of hydrogen-bond donors (Lipinski definition) is 1. The van der Waals surface area contributed by atoms with E-state index >= 15 is 0 Å². The molecule has 0 radical (unpaired) electrons. The molecule has 8 nitrogen and oxygen atoms in total. The largest absolute Gasteiger partial charge is 0.396 e. The van der Waals surface area contributed by atoms with Crippen molar-refractivity contribution in [3.63, 3.8) is 0 Å². The molecule has 2 atom stereocenters. The lowest BCUT2D eigenvalue weighted by Gasteiger charge is -2.27. The summed E-state index contributed by atoms with van der Waals surface area (Å²) in [4.78, 5) is 14.4. The van der Waals surface area contributed by atoms with Gasteiger partial charge in [0.15, 0.2) is 0 Å². The highest BCUT2D eigenvalue weighted by Gasteiger charge is 2.55. The standard InChI is InChI=1S/C20H26N4O4S/c1-16-7-8-23(21-16)11-19(26)22-9-18-10-24(14-20(18,13-22)15-25)29(27,28)12-17-5-3-2-4-6-17/h2-8,18,25H,9-15H2,1H3. The molecule has 2 aliphatic rings. The van der Waals surface area contributed by atoms with Crippen LogP contribution in [0.5, 0.6) is 0 Å². The van der Waals surface area contributed by atoms with Crippen molar-refractivity contribution in [1.29, 1.82) is 0 Å². The summed E-state index contributed by atoms with van der Waals surface area (Å²) in [6, 6.07) is 10.9. The van der Waals surface area contributed by atoms with Gasteiger partial charge in [0.1, 0.15) is 6.54 Å². The highest BCUT2D eigenvalue weighted by atomic mass is 32.2. The first-order valence-corrected chi connectivity index (χ1v) is 11.3. The van der Waals surface area contributed by atoms with Crippen molar-refractivity contribution in [3.8, 4) is 0 Å². The van der Waals surface area contributed by atoms with E-state index in [9.17, 15) is 18.3 Å². The molecular weight excluding hydrogens is 392 g/mol. The second-order valence-electron chi connectivity index (χ2n) is 8.18. The molecule has 0 aliphatic carbocycles. The van der Waals surface area contributed by atoms with Gasteiger partial charge >= 0.3 is 0 Å². The number of likely N-dealkylation sites (tertiary alicyclic amines) is 1. The average Bonchev–Trinajstić information content (AvgIpc) is 3.34. The Morgan fingerprint density at radius 2 is 1.97 bits per heavy atom. The van der Waals surface area contributed by atoms with Gasteiger partial charge in [-0.3, -0.25) is 9.48 Å². The Balaban J connectivity index is 1.43. The van der Waals surface area contributed by atoms with Crippen molar-refractivity contribution in [2.75, 3.05) is 32.8 Å². The number of sulfonamides is 1. The number of fused-ring (bicyclic) bond motifs is 1. The number of hydrogen-bond acceptors (Lipinski definition) is 5. The summed E-state index contributed by atoms with van der Waals surface area (Å²) in [6.07, 6.45) is 1.77. The van der Waals surface area contributed by atoms with Crippen molar-refractivity contribution in [2.45, 2.75) is 19.2 Å². The number of carbonyl (C=O) groups excluding carboxylic acids is 1. The van der Waals surface area contributed by atoms with Crippen LogP contribution in [0.1, 0.15) is 11.3 Å². The summed E-state index contributed by atoms with van der Waals surface area (Å²) >= 11 is 0. The summed E-state index contributed by atoms with van der Waals surface area (Å²) in [5, 5.41) is 14.4. The second kappa shape index (κ2) is 7.55. The fourth-order valence-corrected chi connectivity index (χ4v) is 6.08. The number of rotatable bonds is 6. The molecule has 4 rings (SSSR count). The van der Waals surface area contributed by atoms with Crippen molar-refractivity contribution in [2.24, 2.45) is 11.3 Å². The minimum Gasteiger partial charge on any atom is -0.396 e. The van der Waals surface area contributed by atoms with E-state index in [2.05, 4.69) is 5.10 Å². The number of aromatic nitrogens is 2. The third-order valence-corrected chi connectivity index (χ3v) is 7.82. The van der Waals surface area contributed by atoms with E-state index < -0.39 is 15.4 Å². The fourth-order valence-electron chi connectivity index (χ4n) is 4.42. The number of aliphatic hydroxyl groups excluding tert-OH is 1. The Morgan fingerprint density at radius 3 is 2.59 bits per heavy atom. The van der Waals surface area contributed by atoms with E-state index in [1.807, 2.05) is 31.2 Å². The lowest BCUT2D eigenvalue weighted by Crippen LogP contribution is -2.41. The van der Waals surface area contributed by atoms with Crippen molar-refractivity contribution < 1.29 is 18.3 Å². The molecule has 2 saturated heterocycles. The maximum Gasteiger partial charge on any atom is 0.244 e. The summed E-state index contributed by atoms with van der Waals surface area (Å²) in [5.74, 6) is -0.182. The van der Waals surface area contributed by atoms with E-state index in [1.54, 1.807) is 27.9 Å². The Morgan fingerprint density at radius 1 is 1.21 bits per heavy atom. The van der Waals surface area contributed by atoms with E-state index in [4.69, 9.17) is 0 Å². The van der Waals surface area contributed by atoms with Crippen molar-refractivity contribution in [3.05, 3.63) is 53.9 Å². The van der Waals surface area contributed by atoms with Crippen LogP contribution >= 0.6 is 0 Å². The van der Waals surface area contributed by atoms with Gasteiger partial charge < -0.3 is 10.0 Å². The Labute approximate surface area is 170 Å². The monoisotopic (exact) mass is 418 g/mol. The minimum absolute atomic E-state index is 0.0522. The highest BCUT2D eigenvalue weighted by molar-refractivity contribution is 7.88. The fraction of sp³-hybridized carbons (Fsp3) is 0.500. The smallest absolute Gasteiger partial charge is 0.244 e. The summed E-state index contributed by atoms with van der Waals surface area (Å²) < 4.78 is 28.9. The van der Waals surface area contributed by atoms with Crippen LogP contribution in [-0.2, 0) is 27.1 Å². The molecule has 0 spiro atoms. The summed E-state index contributed by atoms with van der Waals surface area (Å²) in [6.45, 7) is 3.28. The van der Waals surface area contributed by atoms with E-state index in [0.29, 0.717) is 19.6 Å².